The Morgan fingerprint density at radius 2 is 2.04 bits per heavy atom. The molecule has 0 bridgehead atoms. The lowest BCUT2D eigenvalue weighted by molar-refractivity contribution is 0.0240. The molecule has 0 N–H and O–H groups in total. The normalized spacial score (nSPS) is 21.0. The Hall–Kier alpha value is -2.02. The first kappa shape index (κ1) is 18.8. The van der Waals surface area contributed by atoms with Gasteiger partial charge in [0.2, 0.25) is 5.88 Å². The summed E-state index contributed by atoms with van der Waals surface area (Å²) in [6.45, 7) is 10.7. The summed E-state index contributed by atoms with van der Waals surface area (Å²) < 4.78 is 16.5. The second-order valence-electron chi connectivity index (χ2n) is 7.85. The summed E-state index contributed by atoms with van der Waals surface area (Å²) in [5.41, 5.74) is 0.587. The van der Waals surface area contributed by atoms with Crippen LogP contribution in [-0.2, 0) is 9.47 Å². The van der Waals surface area contributed by atoms with Crippen LogP contribution in [0.25, 0.3) is 0 Å². The first-order valence-corrected chi connectivity index (χ1v) is 9.30. The van der Waals surface area contributed by atoms with E-state index >= 15 is 0 Å². The monoisotopic (exact) mass is 363 g/mol. The molecule has 2 aliphatic heterocycles. The number of nitrogens with zero attached hydrogens (tertiary/aromatic N) is 3. The summed E-state index contributed by atoms with van der Waals surface area (Å²) in [5.74, 6) is 1.12. The van der Waals surface area contributed by atoms with Crippen LogP contribution in [0.2, 0.25) is 0 Å². The number of amides is 1. The van der Waals surface area contributed by atoms with Crippen molar-refractivity contribution >= 4 is 11.8 Å². The number of carbonyl (C=O) groups is 1. The molecule has 144 valence electrons. The number of anilines is 1. The molecule has 26 heavy (non-hydrogen) atoms. The van der Waals surface area contributed by atoms with Crippen molar-refractivity contribution in [1.82, 2.24) is 9.88 Å². The average Bonchev–Trinajstić information content (AvgIpc) is 3.13. The van der Waals surface area contributed by atoms with Crippen molar-refractivity contribution in [3.63, 3.8) is 0 Å². The molecule has 0 spiro atoms. The van der Waals surface area contributed by atoms with Gasteiger partial charge < -0.3 is 24.0 Å². The predicted molar refractivity (Wildman–Crippen MR) is 98.7 cm³/mol. The average molecular weight is 363 g/mol. The maximum absolute atomic E-state index is 12.1. The van der Waals surface area contributed by atoms with Crippen LogP contribution in [0.15, 0.2) is 18.3 Å². The number of rotatable bonds is 4. The summed E-state index contributed by atoms with van der Waals surface area (Å²) in [4.78, 5) is 20.5. The van der Waals surface area contributed by atoms with Crippen molar-refractivity contribution in [1.29, 1.82) is 0 Å². The molecule has 3 heterocycles. The second-order valence-corrected chi connectivity index (χ2v) is 7.85. The number of pyridine rings is 1. The summed E-state index contributed by atoms with van der Waals surface area (Å²) >= 11 is 0. The Kier molecular flexibility index (Phi) is 5.86. The molecule has 7 heteroatoms. The van der Waals surface area contributed by atoms with E-state index in [9.17, 15) is 4.79 Å². The molecule has 2 aliphatic rings. The summed E-state index contributed by atoms with van der Waals surface area (Å²) in [6, 6.07) is 3.93. The van der Waals surface area contributed by atoms with Gasteiger partial charge in [0.15, 0.2) is 0 Å². The third-order valence-electron chi connectivity index (χ3n) is 4.51. The molecular weight excluding hydrogens is 334 g/mol. The number of ether oxygens (including phenoxy) is 3. The first-order chi connectivity index (χ1) is 12.4. The summed E-state index contributed by atoms with van der Waals surface area (Å²) in [7, 11) is 0. The van der Waals surface area contributed by atoms with Gasteiger partial charge in [-0.3, -0.25) is 0 Å². The maximum Gasteiger partial charge on any atom is 0.410 e. The molecule has 2 saturated heterocycles. The van der Waals surface area contributed by atoms with E-state index in [-0.39, 0.29) is 6.09 Å². The van der Waals surface area contributed by atoms with Gasteiger partial charge in [-0.2, -0.15) is 0 Å². The first-order valence-electron chi connectivity index (χ1n) is 9.30. The molecule has 2 fully saturated rings. The van der Waals surface area contributed by atoms with E-state index in [1.54, 1.807) is 4.90 Å². The van der Waals surface area contributed by atoms with Crippen molar-refractivity contribution in [2.75, 3.05) is 50.9 Å². The van der Waals surface area contributed by atoms with Gasteiger partial charge in [0.25, 0.3) is 0 Å². The minimum atomic E-state index is -0.460. The molecule has 3 rings (SSSR count). The fourth-order valence-electron chi connectivity index (χ4n) is 3.04. The third-order valence-corrected chi connectivity index (χ3v) is 4.51. The van der Waals surface area contributed by atoms with Crippen LogP contribution in [0.1, 0.15) is 27.2 Å². The van der Waals surface area contributed by atoms with E-state index in [4.69, 9.17) is 14.2 Å². The topological polar surface area (TPSA) is 64.1 Å². The summed E-state index contributed by atoms with van der Waals surface area (Å²) in [5, 5.41) is 0. The van der Waals surface area contributed by atoms with E-state index in [0.717, 1.165) is 38.4 Å². The summed E-state index contributed by atoms with van der Waals surface area (Å²) in [6.07, 6.45) is 2.65. The van der Waals surface area contributed by atoms with Gasteiger partial charge in [-0.1, -0.05) is 0 Å². The number of piperazine rings is 1. The number of hydrogen-bond donors (Lipinski definition) is 0. The lowest BCUT2D eigenvalue weighted by atomic mass is 10.1. The highest BCUT2D eigenvalue weighted by atomic mass is 16.6. The highest BCUT2D eigenvalue weighted by Gasteiger charge is 2.26. The zero-order valence-corrected chi connectivity index (χ0v) is 15.9. The van der Waals surface area contributed by atoms with Gasteiger partial charge in [0.1, 0.15) is 5.60 Å². The van der Waals surface area contributed by atoms with E-state index in [1.807, 2.05) is 39.1 Å². The van der Waals surface area contributed by atoms with Crippen LogP contribution in [-0.4, -0.2) is 67.6 Å². The maximum atomic E-state index is 12.1. The number of aromatic nitrogens is 1. The van der Waals surface area contributed by atoms with Crippen LogP contribution in [0, 0.1) is 5.92 Å². The van der Waals surface area contributed by atoms with E-state index < -0.39 is 5.60 Å². The highest BCUT2D eigenvalue weighted by Crippen LogP contribution is 2.20. The lowest BCUT2D eigenvalue weighted by Gasteiger charge is -2.36. The van der Waals surface area contributed by atoms with Crippen LogP contribution in [0.4, 0.5) is 10.5 Å². The fraction of sp³-hybridized carbons (Fsp3) is 0.684. The van der Waals surface area contributed by atoms with Gasteiger partial charge in [0.05, 0.1) is 25.1 Å². The molecule has 7 nitrogen and oxygen atoms in total. The minimum absolute atomic E-state index is 0.241. The standard InChI is InChI=1S/C19H29N3O4/c1-19(2,3)26-18(23)22-9-7-21(8-10-22)16-4-5-17(20-12-16)25-14-15-6-11-24-13-15/h4-5,12,15H,6-11,13-14H2,1-3H3. The molecule has 1 aromatic heterocycles. The Labute approximate surface area is 155 Å². The van der Waals surface area contributed by atoms with Crippen LogP contribution >= 0.6 is 0 Å². The molecule has 0 radical (unpaired) electrons. The van der Waals surface area contributed by atoms with Crippen molar-refractivity contribution in [2.24, 2.45) is 5.92 Å². The fourth-order valence-corrected chi connectivity index (χ4v) is 3.04. The number of carbonyl (C=O) groups excluding carboxylic acids is 1. The minimum Gasteiger partial charge on any atom is -0.477 e. The quantitative estimate of drug-likeness (QED) is 0.819. The molecule has 0 aromatic carbocycles. The predicted octanol–water partition coefficient (Wildman–Crippen LogP) is 2.55. The number of hydrogen-bond acceptors (Lipinski definition) is 6. The SMILES string of the molecule is CC(C)(C)OC(=O)N1CCN(c2ccc(OCC3CCOC3)nc2)CC1. The molecule has 1 unspecified atom stereocenters. The Bertz CT molecular complexity index is 586. The van der Waals surface area contributed by atoms with E-state index in [2.05, 4.69) is 9.88 Å². The van der Waals surface area contributed by atoms with Crippen LogP contribution < -0.4 is 9.64 Å². The third kappa shape index (κ3) is 5.24. The molecule has 0 saturated carbocycles. The molecule has 1 aromatic rings. The molecular formula is C19H29N3O4. The van der Waals surface area contributed by atoms with Gasteiger partial charge >= 0.3 is 6.09 Å². The molecule has 1 amide bonds. The zero-order chi connectivity index (χ0) is 18.6. The van der Waals surface area contributed by atoms with Gasteiger partial charge in [-0.15, -0.1) is 0 Å². The Morgan fingerprint density at radius 1 is 1.27 bits per heavy atom. The van der Waals surface area contributed by atoms with Crippen LogP contribution in [0.5, 0.6) is 5.88 Å². The second kappa shape index (κ2) is 8.12. The highest BCUT2D eigenvalue weighted by molar-refractivity contribution is 5.68. The largest absolute Gasteiger partial charge is 0.477 e. The zero-order valence-electron chi connectivity index (χ0n) is 15.9. The molecule has 0 aliphatic carbocycles. The smallest absolute Gasteiger partial charge is 0.410 e. The van der Waals surface area contributed by atoms with Gasteiger partial charge in [0, 0.05) is 44.8 Å². The lowest BCUT2D eigenvalue weighted by Crippen LogP contribution is -2.50. The Balaban J connectivity index is 1.46. The van der Waals surface area contributed by atoms with Crippen molar-refractivity contribution in [3.05, 3.63) is 18.3 Å². The van der Waals surface area contributed by atoms with Gasteiger partial charge in [-0.05, 0) is 33.3 Å². The van der Waals surface area contributed by atoms with Crippen molar-refractivity contribution in [3.8, 4) is 5.88 Å². The van der Waals surface area contributed by atoms with Crippen LogP contribution in [0.3, 0.4) is 0 Å². The van der Waals surface area contributed by atoms with Crippen molar-refractivity contribution < 1.29 is 19.0 Å². The van der Waals surface area contributed by atoms with Gasteiger partial charge in [-0.25, -0.2) is 9.78 Å². The van der Waals surface area contributed by atoms with E-state index in [0.29, 0.717) is 31.5 Å². The van der Waals surface area contributed by atoms with Crippen molar-refractivity contribution in [2.45, 2.75) is 32.8 Å². The molecule has 1 atom stereocenters. The Morgan fingerprint density at radius 3 is 2.62 bits per heavy atom. The van der Waals surface area contributed by atoms with E-state index in [1.165, 1.54) is 0 Å².